The van der Waals surface area contributed by atoms with Gasteiger partial charge in [-0.1, -0.05) is 84.8 Å². The lowest BCUT2D eigenvalue weighted by atomic mass is 9.90. The maximum atomic E-state index is 6.98. The average Bonchev–Trinajstić information content (AvgIpc) is 1.23. The Hall–Kier alpha value is -6.77. The van der Waals surface area contributed by atoms with Gasteiger partial charge < -0.3 is 34.0 Å². The van der Waals surface area contributed by atoms with Gasteiger partial charge in [0.1, 0.15) is 70.9 Å². The van der Waals surface area contributed by atoms with Crippen LogP contribution in [0.2, 0.25) is 0 Å². The molecule has 2 N–H and O–H groups in total. The van der Waals surface area contributed by atoms with Gasteiger partial charge >= 0.3 is 0 Å². The van der Waals surface area contributed by atoms with E-state index in [-0.39, 0.29) is 0 Å². The fraction of sp³-hybridized carbons (Fsp3) is 0.333. The summed E-state index contributed by atoms with van der Waals surface area (Å²) in [6.45, 7) is 29.1. The van der Waals surface area contributed by atoms with Crippen LogP contribution in [-0.2, 0) is 11.8 Å². The van der Waals surface area contributed by atoms with E-state index in [2.05, 4.69) is 228 Å². The molecule has 0 spiro atoms. The zero-order valence-electron chi connectivity index (χ0n) is 50.3. The molecule has 436 valence electrons. The number of nitrogens with one attached hydrogen (secondary N) is 2. The maximum Gasteiger partial charge on any atom is 0.203 e. The number of nitrogens with zero attached hydrogens (tertiary/aromatic N) is 6. The van der Waals surface area contributed by atoms with E-state index in [1.165, 1.54) is 0 Å². The largest absolute Gasteiger partial charge is 0.497 e. The van der Waals surface area contributed by atoms with E-state index in [4.69, 9.17) is 49.8 Å². The molecule has 0 saturated carbocycles. The highest BCUT2D eigenvalue weighted by atomic mass is 32.4. The first-order chi connectivity index (χ1) is 40.9. The van der Waals surface area contributed by atoms with Gasteiger partial charge in [-0.3, -0.25) is 9.34 Å². The average molecular weight is 1200 g/mol. The predicted octanol–water partition coefficient (Wildman–Crippen LogP) is 12.5. The van der Waals surface area contributed by atoms with Gasteiger partial charge in [-0.05, 0) is 127 Å². The number of thiocarbonyl (C=S) groups is 2. The lowest BCUT2D eigenvalue weighted by Gasteiger charge is -2.35. The number of ether oxygens (including phenoxy) is 1. The summed E-state index contributed by atoms with van der Waals surface area (Å²) in [6, 6.07) is 51.9. The van der Waals surface area contributed by atoms with Gasteiger partial charge in [0.25, 0.3) is 0 Å². The molecule has 1 saturated heterocycles. The maximum absolute atomic E-state index is 6.98. The molecular weight excluding hydrogens is 1120 g/mol. The Morgan fingerprint density at radius 3 is 1.33 bits per heavy atom. The number of rotatable bonds is 22. The molecule has 11 nitrogen and oxygen atoms in total. The molecule has 5 aromatic carbocycles. The van der Waals surface area contributed by atoms with Crippen molar-refractivity contribution in [2.24, 2.45) is 0 Å². The number of benzene rings is 7. The first-order valence-corrected chi connectivity index (χ1v) is 33.6. The van der Waals surface area contributed by atoms with E-state index >= 15 is 0 Å². The summed E-state index contributed by atoms with van der Waals surface area (Å²) in [4.78, 5) is 6.10. The summed E-state index contributed by atoms with van der Waals surface area (Å²) in [6.07, 6.45) is -2.48. The van der Waals surface area contributed by atoms with Crippen LogP contribution >= 0.6 is 30.8 Å². The van der Waals surface area contributed by atoms with Gasteiger partial charge in [0.05, 0.1) is 19.2 Å². The zero-order chi connectivity index (χ0) is 59.1. The third-order valence-corrected chi connectivity index (χ3v) is 22.9. The predicted molar refractivity (Wildman–Crippen MR) is 366 cm³/mol. The number of hydrogen-bond acceptors (Lipinski definition) is 8. The van der Waals surface area contributed by atoms with E-state index in [0.717, 1.165) is 177 Å². The van der Waals surface area contributed by atoms with Crippen LogP contribution in [-0.4, -0.2) is 118 Å². The minimum absolute atomic E-state index is 0.616. The lowest BCUT2D eigenvalue weighted by molar-refractivity contribution is 0.415. The highest BCUT2D eigenvalue weighted by Crippen LogP contribution is 2.56. The minimum atomic E-state index is -2.48. The van der Waals surface area contributed by atoms with Crippen LogP contribution in [0.25, 0.3) is 66.8 Å². The second-order valence-electron chi connectivity index (χ2n) is 21.1. The molecule has 0 amide bonds. The molecule has 15 heteroatoms. The lowest BCUT2D eigenvalue weighted by Crippen LogP contribution is -2.36. The van der Waals surface area contributed by atoms with Crippen LogP contribution < -0.4 is 50.3 Å². The number of hydrogen-bond donors (Lipinski definition) is 2. The monoisotopic (exact) mass is 1200 g/mol. The number of methoxy groups -OCH3 is 1. The van der Waals surface area contributed by atoms with Crippen LogP contribution in [0.1, 0.15) is 66.5 Å². The Kier molecular flexibility index (Phi) is 19.5. The highest BCUT2D eigenvalue weighted by Gasteiger charge is 2.39. The van der Waals surface area contributed by atoms with E-state index in [0.29, 0.717) is 36.2 Å². The summed E-state index contributed by atoms with van der Waals surface area (Å²) in [5.74, 6) is 2.49. The minimum Gasteiger partial charge on any atom is -0.497 e. The Morgan fingerprint density at radius 1 is 0.524 bits per heavy atom. The second kappa shape index (κ2) is 27.1. The van der Waals surface area contributed by atoms with Gasteiger partial charge in [-0.15, -0.1) is 0 Å². The first kappa shape index (κ1) is 60.4. The van der Waals surface area contributed by atoms with Crippen LogP contribution in [0.4, 0.5) is 11.4 Å². The van der Waals surface area contributed by atoms with Crippen LogP contribution in [0, 0.1) is 0 Å². The van der Waals surface area contributed by atoms with E-state index < -0.39 is 6.34 Å². The Balaban J connectivity index is 0.911. The molecule has 10 rings (SSSR count). The smallest absolute Gasteiger partial charge is 0.203 e. The molecule has 0 radical (unpaired) electrons. The third kappa shape index (κ3) is 12.0. The first-order valence-electron chi connectivity index (χ1n) is 30.1. The molecule has 0 bridgehead atoms. The van der Waals surface area contributed by atoms with Crippen LogP contribution in [0.5, 0.6) is 5.75 Å². The van der Waals surface area contributed by atoms with Crippen molar-refractivity contribution in [3.05, 3.63) is 167 Å². The molecule has 84 heavy (non-hydrogen) atoms. The van der Waals surface area contributed by atoms with Crippen molar-refractivity contribution < 1.29 is 13.6 Å². The summed E-state index contributed by atoms with van der Waals surface area (Å²) >= 11 is 19.8. The van der Waals surface area contributed by atoms with E-state index in [9.17, 15) is 0 Å². The standard InChI is InChI=1S/C69H79N8O3PS3/c1-10-72(11-2)48-26-34-58-62(44-48)79-63-45-49(73(12-3)13-4)27-35-59(63)66(58)54-22-18-20-24-56(54)68(82)70-38-40-76-42-43-77(81(76,84)53-32-30-52(78-9)31-33-53)41-39-71-69(83)57-25-21-19-23-55(57)67-60-36-28-50(74(14-5)15-6)46-64(60)80-65-47-51(29-37-61(65)67)75(16-7)17-8/h18-37,44-47H,10-17,38-43H2,1-9H3/p+2. The van der Waals surface area contributed by atoms with Crippen molar-refractivity contribution >= 4 is 91.2 Å². The van der Waals surface area contributed by atoms with Crippen molar-refractivity contribution in [2.75, 3.05) is 109 Å². The van der Waals surface area contributed by atoms with E-state index in [1.54, 1.807) is 7.11 Å². The molecule has 5 aromatic rings. The number of anilines is 2. The van der Waals surface area contributed by atoms with E-state index in [1.807, 2.05) is 12.1 Å². The Morgan fingerprint density at radius 2 is 0.940 bits per heavy atom. The summed E-state index contributed by atoms with van der Waals surface area (Å²) < 4.78 is 29.1. The normalized spacial score (nSPS) is 13.4. The fourth-order valence-corrected chi connectivity index (χ4v) is 17.2. The van der Waals surface area contributed by atoms with Crippen LogP contribution in [0.3, 0.4) is 0 Å². The molecule has 1 fully saturated rings. The van der Waals surface area contributed by atoms with Crippen molar-refractivity contribution in [1.29, 1.82) is 0 Å². The SMILES string of the molecule is CCN(CC)c1ccc2c(-c3ccccc3C(=S)NCCN3CCN(CCNC(=S)c4ccccc4-c4c5ccc(=[N+](CC)CC)cc-5oc5cc(N(CC)CC)ccc45)P3(=S)c3ccc(OC)cc3)c3ccc(=[N+](CC)CC)cc-3oc2c1. The zero-order valence-corrected chi connectivity index (χ0v) is 53.7. The Bertz CT molecular complexity index is 3740. The van der Waals surface area contributed by atoms with Crippen LogP contribution in [0.15, 0.2) is 154 Å². The fourth-order valence-electron chi connectivity index (χ4n) is 12.3. The third-order valence-electron chi connectivity index (χ3n) is 16.9. The van der Waals surface area contributed by atoms with Crippen molar-refractivity contribution in [1.82, 2.24) is 29.1 Å². The molecule has 3 aliphatic heterocycles. The second-order valence-corrected chi connectivity index (χ2v) is 26.2. The van der Waals surface area contributed by atoms with Crippen molar-refractivity contribution in [3.63, 3.8) is 0 Å². The number of fused-ring (bicyclic) bond motifs is 4. The highest BCUT2D eigenvalue weighted by molar-refractivity contribution is 8.16. The van der Waals surface area contributed by atoms with Gasteiger partial charge in [0.2, 0.25) is 10.7 Å². The molecular formula is C69H81N8O3PS3+2. The topological polar surface area (TPSA) is 78.6 Å². The molecule has 5 aliphatic rings. The molecule has 0 aromatic heterocycles. The Labute approximate surface area is 512 Å². The molecule has 0 unspecified atom stereocenters. The van der Waals surface area contributed by atoms with Gasteiger partial charge in [-0.2, -0.15) is 0 Å². The summed E-state index contributed by atoms with van der Waals surface area (Å²) in [7, 11) is 1.70. The van der Waals surface area contributed by atoms with Crippen molar-refractivity contribution in [2.45, 2.75) is 55.4 Å². The van der Waals surface area contributed by atoms with Gasteiger partial charge in [0.15, 0.2) is 0 Å². The summed E-state index contributed by atoms with van der Waals surface area (Å²) in [5, 5.41) is 12.9. The molecule has 3 heterocycles. The summed E-state index contributed by atoms with van der Waals surface area (Å²) in [5.41, 5.74) is 12.3. The van der Waals surface area contributed by atoms with Crippen molar-refractivity contribution in [3.8, 4) is 50.7 Å². The molecule has 2 aliphatic carbocycles. The molecule has 0 atom stereocenters. The van der Waals surface area contributed by atoms with Gasteiger partial charge in [0, 0.05) is 151 Å². The van der Waals surface area contributed by atoms with Gasteiger partial charge in [-0.25, -0.2) is 9.15 Å². The quantitative estimate of drug-likeness (QED) is 0.0294.